The molecule has 1 aromatic heterocycles. The van der Waals surface area contributed by atoms with Crippen molar-refractivity contribution in [2.24, 2.45) is 0 Å². The molecule has 22 heavy (non-hydrogen) atoms. The fourth-order valence-corrected chi connectivity index (χ4v) is 2.37. The molecular weight excluding hydrogens is 302 g/mol. The van der Waals surface area contributed by atoms with E-state index < -0.39 is 0 Å². The monoisotopic (exact) mass is 321 g/mol. The first kappa shape index (κ1) is 16.4. The smallest absolute Gasteiger partial charge is 0.246 e. The Labute approximate surface area is 134 Å². The number of nitrogens with zero attached hydrogens (tertiary/aromatic N) is 2. The molecule has 0 saturated carbocycles. The van der Waals surface area contributed by atoms with Gasteiger partial charge in [-0.2, -0.15) is 5.10 Å². The number of amides is 1. The summed E-state index contributed by atoms with van der Waals surface area (Å²) in [4.78, 5) is 12.1. The Kier molecular flexibility index (Phi) is 4.76. The van der Waals surface area contributed by atoms with Gasteiger partial charge >= 0.3 is 0 Å². The zero-order valence-electron chi connectivity index (χ0n) is 13.1. The Morgan fingerprint density at radius 1 is 1.41 bits per heavy atom. The van der Waals surface area contributed by atoms with Crippen LogP contribution < -0.4 is 5.32 Å². The number of nitrogens with one attached hydrogen (secondary N) is 1. The maximum absolute atomic E-state index is 12.1. The number of phenolic OH excluding ortho intramolecular Hbond substituents is 1. The summed E-state index contributed by atoms with van der Waals surface area (Å²) in [6, 6.07) is 3.48. The third-order valence-electron chi connectivity index (χ3n) is 3.46. The van der Waals surface area contributed by atoms with Crippen molar-refractivity contribution >= 4 is 23.2 Å². The van der Waals surface area contributed by atoms with Gasteiger partial charge in [-0.3, -0.25) is 9.48 Å². The van der Waals surface area contributed by atoms with Crippen LogP contribution in [-0.2, 0) is 11.3 Å². The van der Waals surface area contributed by atoms with E-state index in [2.05, 4.69) is 10.4 Å². The second-order valence-corrected chi connectivity index (χ2v) is 6.10. The molecule has 2 rings (SSSR count). The number of carbonyl (C=O) groups excluding carboxylic acids is 1. The Morgan fingerprint density at radius 2 is 2.09 bits per heavy atom. The van der Waals surface area contributed by atoms with E-state index in [0.717, 1.165) is 11.1 Å². The standard InChI is InChI=1S/C16H20ClN3O2/c1-9(2)12-6-14(10(3)5-15(12)21)18-16(22)8-20-7-13(17)11(4)19-20/h5-7,9,21H,8H2,1-4H3,(H,18,22). The van der Waals surface area contributed by atoms with Crippen LogP contribution in [0, 0.1) is 13.8 Å². The lowest BCUT2D eigenvalue weighted by Gasteiger charge is -2.14. The first-order valence-corrected chi connectivity index (χ1v) is 7.48. The summed E-state index contributed by atoms with van der Waals surface area (Å²) >= 11 is 5.93. The van der Waals surface area contributed by atoms with Gasteiger partial charge in [0.05, 0.1) is 10.7 Å². The number of carbonyl (C=O) groups is 1. The average Bonchev–Trinajstić information content (AvgIpc) is 2.70. The van der Waals surface area contributed by atoms with Crippen molar-refractivity contribution in [2.75, 3.05) is 5.32 Å². The lowest BCUT2D eigenvalue weighted by atomic mass is 9.99. The number of aromatic nitrogens is 2. The molecule has 0 atom stereocenters. The van der Waals surface area contributed by atoms with Crippen molar-refractivity contribution in [1.82, 2.24) is 9.78 Å². The van der Waals surface area contributed by atoms with Crippen LogP contribution in [0.2, 0.25) is 5.02 Å². The molecule has 0 aliphatic rings. The first-order valence-electron chi connectivity index (χ1n) is 7.11. The van der Waals surface area contributed by atoms with Crippen LogP contribution in [0.4, 0.5) is 5.69 Å². The van der Waals surface area contributed by atoms with Crippen molar-refractivity contribution in [3.8, 4) is 5.75 Å². The summed E-state index contributed by atoms with van der Waals surface area (Å²) in [6.45, 7) is 7.70. The van der Waals surface area contributed by atoms with E-state index in [0.29, 0.717) is 16.4 Å². The number of benzene rings is 1. The molecule has 5 nitrogen and oxygen atoms in total. The van der Waals surface area contributed by atoms with Crippen LogP contribution >= 0.6 is 11.6 Å². The molecule has 1 amide bonds. The molecule has 0 radical (unpaired) electrons. The molecule has 0 spiro atoms. The first-order chi connectivity index (χ1) is 10.3. The molecule has 0 bridgehead atoms. The Balaban J connectivity index is 2.16. The summed E-state index contributed by atoms with van der Waals surface area (Å²) in [5.74, 6) is 0.228. The topological polar surface area (TPSA) is 67.2 Å². The molecule has 0 aliphatic heterocycles. The number of rotatable bonds is 4. The van der Waals surface area contributed by atoms with Gasteiger partial charge in [-0.15, -0.1) is 0 Å². The number of aromatic hydroxyl groups is 1. The van der Waals surface area contributed by atoms with Gasteiger partial charge in [0.15, 0.2) is 0 Å². The van der Waals surface area contributed by atoms with Gasteiger partial charge in [-0.1, -0.05) is 25.4 Å². The quantitative estimate of drug-likeness (QED) is 0.845. The largest absolute Gasteiger partial charge is 0.508 e. The normalized spacial score (nSPS) is 11.0. The number of anilines is 1. The van der Waals surface area contributed by atoms with Gasteiger partial charge in [0.1, 0.15) is 12.3 Å². The minimum absolute atomic E-state index is 0.0882. The van der Waals surface area contributed by atoms with E-state index in [1.54, 1.807) is 19.2 Å². The summed E-state index contributed by atoms with van der Waals surface area (Å²) in [6.07, 6.45) is 1.62. The number of hydrogen-bond donors (Lipinski definition) is 2. The minimum Gasteiger partial charge on any atom is -0.508 e. The molecule has 118 valence electrons. The summed E-state index contributed by atoms with van der Waals surface area (Å²) in [5.41, 5.74) is 3.00. The Hall–Kier alpha value is -2.01. The molecule has 0 saturated heterocycles. The van der Waals surface area contributed by atoms with E-state index >= 15 is 0 Å². The Morgan fingerprint density at radius 3 is 2.64 bits per heavy atom. The molecule has 2 aromatic rings. The van der Waals surface area contributed by atoms with Crippen LogP contribution in [0.25, 0.3) is 0 Å². The minimum atomic E-state index is -0.192. The van der Waals surface area contributed by atoms with Gasteiger partial charge in [-0.05, 0) is 43.0 Å². The number of aryl methyl sites for hydroxylation is 2. The molecule has 0 aliphatic carbocycles. The van der Waals surface area contributed by atoms with Crippen LogP contribution in [0.5, 0.6) is 5.75 Å². The van der Waals surface area contributed by atoms with Crippen molar-refractivity contribution in [2.45, 2.75) is 40.2 Å². The maximum Gasteiger partial charge on any atom is 0.246 e. The van der Waals surface area contributed by atoms with Crippen molar-refractivity contribution in [3.63, 3.8) is 0 Å². The highest BCUT2D eigenvalue weighted by Gasteiger charge is 2.13. The van der Waals surface area contributed by atoms with Gasteiger partial charge in [0.25, 0.3) is 0 Å². The second kappa shape index (κ2) is 6.40. The third-order valence-corrected chi connectivity index (χ3v) is 3.83. The van der Waals surface area contributed by atoms with Gasteiger partial charge in [0.2, 0.25) is 5.91 Å². The lowest BCUT2D eigenvalue weighted by Crippen LogP contribution is -2.19. The van der Waals surface area contributed by atoms with E-state index in [1.165, 1.54) is 4.68 Å². The molecular formula is C16H20ClN3O2. The third kappa shape index (κ3) is 3.60. The van der Waals surface area contributed by atoms with Crippen LogP contribution in [0.3, 0.4) is 0 Å². The zero-order valence-corrected chi connectivity index (χ0v) is 13.9. The fourth-order valence-electron chi connectivity index (χ4n) is 2.22. The highest BCUT2D eigenvalue weighted by molar-refractivity contribution is 6.31. The highest BCUT2D eigenvalue weighted by atomic mass is 35.5. The van der Waals surface area contributed by atoms with Crippen LogP contribution in [-0.4, -0.2) is 20.8 Å². The SMILES string of the molecule is Cc1cc(O)c(C(C)C)cc1NC(=O)Cn1cc(Cl)c(C)n1. The number of phenols is 1. The number of hydrogen-bond acceptors (Lipinski definition) is 3. The predicted molar refractivity (Wildman–Crippen MR) is 87.5 cm³/mol. The van der Waals surface area contributed by atoms with Crippen LogP contribution in [0.1, 0.15) is 36.6 Å². The highest BCUT2D eigenvalue weighted by Crippen LogP contribution is 2.31. The van der Waals surface area contributed by atoms with Crippen molar-refractivity contribution in [3.05, 3.63) is 40.2 Å². The zero-order chi connectivity index (χ0) is 16.4. The lowest BCUT2D eigenvalue weighted by molar-refractivity contribution is -0.116. The van der Waals surface area contributed by atoms with E-state index in [-0.39, 0.29) is 24.1 Å². The molecule has 6 heteroatoms. The van der Waals surface area contributed by atoms with Crippen molar-refractivity contribution < 1.29 is 9.90 Å². The molecule has 0 unspecified atom stereocenters. The van der Waals surface area contributed by atoms with Gasteiger partial charge < -0.3 is 10.4 Å². The second-order valence-electron chi connectivity index (χ2n) is 5.69. The van der Waals surface area contributed by atoms with Gasteiger partial charge in [0, 0.05) is 11.9 Å². The maximum atomic E-state index is 12.1. The summed E-state index contributed by atoms with van der Waals surface area (Å²) in [5, 5.41) is 17.5. The molecule has 2 N–H and O–H groups in total. The molecule has 1 aromatic carbocycles. The van der Waals surface area contributed by atoms with E-state index in [1.807, 2.05) is 26.8 Å². The fraction of sp³-hybridized carbons (Fsp3) is 0.375. The summed E-state index contributed by atoms with van der Waals surface area (Å²) < 4.78 is 1.51. The van der Waals surface area contributed by atoms with E-state index in [4.69, 9.17) is 11.6 Å². The summed E-state index contributed by atoms with van der Waals surface area (Å²) in [7, 11) is 0. The average molecular weight is 322 g/mol. The molecule has 1 heterocycles. The van der Waals surface area contributed by atoms with E-state index in [9.17, 15) is 9.90 Å². The molecule has 0 fully saturated rings. The predicted octanol–water partition coefficient (Wildman–Crippen LogP) is 3.62. The van der Waals surface area contributed by atoms with Crippen molar-refractivity contribution in [1.29, 1.82) is 0 Å². The van der Waals surface area contributed by atoms with Gasteiger partial charge in [-0.25, -0.2) is 0 Å². The Bertz CT molecular complexity index is 688. The van der Waals surface area contributed by atoms with Crippen LogP contribution in [0.15, 0.2) is 18.3 Å². The number of halogens is 1.